The lowest BCUT2D eigenvalue weighted by atomic mass is 9.43. The molecule has 0 atom stereocenters. The third-order valence-electron chi connectivity index (χ3n) is 18.6. The van der Waals surface area contributed by atoms with E-state index in [0.29, 0.717) is 0 Å². The molecule has 4 heterocycles. The zero-order chi connectivity index (χ0) is 55.1. The van der Waals surface area contributed by atoms with E-state index in [1.807, 2.05) is 0 Å². The van der Waals surface area contributed by atoms with Crippen LogP contribution in [0.2, 0.25) is 0 Å². The average Bonchev–Trinajstić information content (AvgIpc) is 2.43. The van der Waals surface area contributed by atoms with E-state index < -0.39 is 0 Å². The van der Waals surface area contributed by atoms with Gasteiger partial charge in [-0.15, -0.1) is 0 Å². The third kappa shape index (κ3) is 7.60. The molecule has 4 nitrogen and oxygen atoms in total. The molecule has 0 amide bonds. The second kappa shape index (κ2) is 16.5. The number of furan rings is 1. The maximum Gasteiger partial charge on any atom is 0.333 e. The molecule has 78 heavy (non-hydrogen) atoms. The lowest BCUT2D eigenvalue weighted by Gasteiger charge is -2.46. The fourth-order valence-corrected chi connectivity index (χ4v) is 13.7. The summed E-state index contributed by atoms with van der Waals surface area (Å²) in [5, 5.41) is 4.87. The first-order valence-corrected chi connectivity index (χ1v) is 28.8. The summed E-state index contributed by atoms with van der Waals surface area (Å²) in [4.78, 5) is 5.28. The summed E-state index contributed by atoms with van der Waals surface area (Å²) in [6, 6.07) is 54.7. The van der Waals surface area contributed by atoms with Gasteiger partial charge in [0.05, 0.1) is 16.7 Å². The SMILES string of the molecule is Cc1cc2c(cc1N1B3c4c(cc5c(oc6ccccc65)c4-n4c5ccc(C(C)(C)C)cc5c5cc(C(C)(C)C)cc3c54)-c3ccc(N(c4ccc(C(C)(C)C)cc4)c4ccc(C(C)(C)C)cc4)cc31)C(C)(C)CCC2(C)C. The fourth-order valence-electron chi connectivity index (χ4n) is 13.7. The molecule has 0 saturated carbocycles. The monoisotopic (exact) mass is 1020 g/mol. The zero-order valence-electron chi connectivity index (χ0n) is 49.5. The van der Waals surface area contributed by atoms with Crippen LogP contribution in [-0.4, -0.2) is 11.4 Å². The van der Waals surface area contributed by atoms with Gasteiger partial charge in [-0.25, -0.2) is 0 Å². The van der Waals surface area contributed by atoms with Crippen LogP contribution in [0, 0.1) is 6.92 Å². The summed E-state index contributed by atoms with van der Waals surface area (Å²) in [6.07, 6.45) is 2.30. The van der Waals surface area contributed by atoms with Gasteiger partial charge in [0.2, 0.25) is 0 Å². The Morgan fingerprint density at radius 1 is 0.487 bits per heavy atom. The number of para-hydroxylation sites is 1. The maximum absolute atomic E-state index is 7.28. The van der Waals surface area contributed by atoms with E-state index in [-0.39, 0.29) is 39.3 Å². The molecule has 5 heteroatoms. The summed E-state index contributed by atoms with van der Waals surface area (Å²) >= 11 is 0. The molecule has 8 aromatic carbocycles. The second-order valence-electron chi connectivity index (χ2n) is 29.0. The van der Waals surface area contributed by atoms with Gasteiger partial charge in [-0.05, 0) is 180 Å². The molecule has 2 aliphatic heterocycles. The van der Waals surface area contributed by atoms with Gasteiger partial charge in [0, 0.05) is 55.5 Å². The summed E-state index contributed by atoms with van der Waals surface area (Å²) in [5.41, 5.74) is 25.9. The number of aryl methyl sites for hydroxylation is 1. The number of aromatic nitrogens is 1. The van der Waals surface area contributed by atoms with Gasteiger partial charge in [0.15, 0.2) is 5.58 Å². The molecule has 1 aliphatic carbocycles. The van der Waals surface area contributed by atoms with Crippen LogP contribution in [-0.2, 0) is 32.5 Å². The van der Waals surface area contributed by atoms with Crippen molar-refractivity contribution in [1.82, 2.24) is 4.57 Å². The van der Waals surface area contributed by atoms with Gasteiger partial charge in [0.1, 0.15) is 5.58 Å². The first kappa shape index (κ1) is 50.5. The molecule has 394 valence electrons. The van der Waals surface area contributed by atoms with Gasteiger partial charge in [-0.3, -0.25) is 0 Å². The summed E-state index contributed by atoms with van der Waals surface area (Å²) in [6.45, 7) is 40.0. The molecule has 2 aromatic heterocycles. The quantitative estimate of drug-likeness (QED) is 0.164. The number of rotatable bonds is 4. The molecule has 0 bridgehead atoms. The van der Waals surface area contributed by atoms with Gasteiger partial charge in [0.25, 0.3) is 0 Å². The minimum absolute atomic E-state index is 0.00429. The van der Waals surface area contributed by atoms with Crippen molar-refractivity contribution < 1.29 is 4.42 Å². The number of fused-ring (bicyclic) bond motifs is 12. The molecule has 0 spiro atoms. The third-order valence-corrected chi connectivity index (χ3v) is 18.6. The average molecular weight is 1020 g/mol. The molecule has 0 radical (unpaired) electrons. The van der Waals surface area contributed by atoms with Crippen molar-refractivity contribution >= 4 is 90.0 Å². The first-order valence-electron chi connectivity index (χ1n) is 28.8. The van der Waals surface area contributed by atoms with Gasteiger partial charge >= 0.3 is 6.85 Å². The minimum Gasteiger partial charge on any atom is -0.454 e. The van der Waals surface area contributed by atoms with Gasteiger partial charge in [-0.1, -0.05) is 178 Å². The van der Waals surface area contributed by atoms with E-state index in [2.05, 4.69) is 272 Å². The molecule has 3 aliphatic rings. The van der Waals surface area contributed by atoms with Crippen LogP contribution < -0.4 is 20.6 Å². The van der Waals surface area contributed by atoms with Gasteiger partial charge < -0.3 is 18.7 Å². The Morgan fingerprint density at radius 2 is 1.04 bits per heavy atom. The Hall–Kier alpha value is -6.98. The minimum atomic E-state index is -0.207. The number of nitrogens with zero attached hydrogens (tertiary/aromatic N) is 3. The van der Waals surface area contributed by atoms with Gasteiger partial charge in [-0.2, -0.15) is 0 Å². The number of anilines is 5. The molecule has 0 unspecified atom stereocenters. The Balaban J connectivity index is 1.19. The smallest absolute Gasteiger partial charge is 0.333 e. The molecular weight excluding hydrogens is 946 g/mol. The molecule has 13 rings (SSSR count). The van der Waals surface area contributed by atoms with Crippen molar-refractivity contribution in [1.29, 1.82) is 0 Å². The highest BCUT2D eigenvalue weighted by Gasteiger charge is 2.48. The van der Waals surface area contributed by atoms with Crippen molar-refractivity contribution in [3.05, 3.63) is 178 Å². The lowest BCUT2D eigenvalue weighted by Crippen LogP contribution is -2.61. The number of hydrogen-bond donors (Lipinski definition) is 0. The van der Waals surface area contributed by atoms with E-state index in [4.69, 9.17) is 4.42 Å². The normalized spacial score (nSPS) is 15.8. The van der Waals surface area contributed by atoms with Crippen LogP contribution in [0.25, 0.3) is 60.6 Å². The van der Waals surface area contributed by atoms with E-state index in [9.17, 15) is 0 Å². The Kier molecular flexibility index (Phi) is 10.7. The summed E-state index contributed by atoms with van der Waals surface area (Å²) in [7, 11) is 0. The van der Waals surface area contributed by atoms with E-state index >= 15 is 0 Å². The number of hydrogen-bond acceptors (Lipinski definition) is 3. The molecule has 0 saturated heterocycles. The summed E-state index contributed by atoms with van der Waals surface area (Å²) < 4.78 is 9.90. The maximum atomic E-state index is 7.28. The van der Waals surface area contributed by atoms with E-state index in [1.165, 1.54) is 94.2 Å². The Morgan fingerprint density at radius 3 is 1.64 bits per heavy atom. The topological polar surface area (TPSA) is 24.6 Å². The lowest BCUT2D eigenvalue weighted by molar-refractivity contribution is 0.332. The summed E-state index contributed by atoms with van der Waals surface area (Å²) in [5.74, 6) is 0. The van der Waals surface area contributed by atoms with Crippen LogP contribution in [0.3, 0.4) is 0 Å². The molecular formula is C73H78BN3O. The van der Waals surface area contributed by atoms with Crippen LogP contribution in [0.4, 0.5) is 28.4 Å². The fraction of sp³-hybridized carbons (Fsp3) is 0.342. The standard InChI is InChI=1S/C73H78BN3O/c1-43-36-57-58(73(16,17)35-34-72(57,14)15)42-61(43)77-62-40-50(75(48-27-22-44(23-28-48)68(2,3)4)49-29-24-45(25-30-49)69(5,6)7)31-32-51(62)54-41-56-52-20-18-19-21-63(52)78-67(56)66-64(54)74(77)59-39-47(71(11,12)13)38-55-53-37-46(70(8,9)10)26-33-60(53)76(66)65(55)59/h18-33,36-42H,34-35H2,1-17H3. The van der Waals surface area contributed by atoms with Crippen LogP contribution >= 0.6 is 0 Å². The Bertz CT molecular complexity index is 4080. The predicted octanol–water partition coefficient (Wildman–Crippen LogP) is 19.2. The van der Waals surface area contributed by atoms with Crippen molar-refractivity contribution in [2.24, 2.45) is 0 Å². The van der Waals surface area contributed by atoms with Crippen LogP contribution in [0.15, 0.2) is 144 Å². The Labute approximate surface area is 464 Å². The highest BCUT2D eigenvalue weighted by atomic mass is 16.3. The zero-order valence-corrected chi connectivity index (χ0v) is 49.5. The number of benzene rings is 8. The molecule has 0 N–H and O–H groups in total. The van der Waals surface area contributed by atoms with Crippen molar-refractivity contribution in [2.45, 2.75) is 163 Å². The van der Waals surface area contributed by atoms with E-state index in [1.54, 1.807) is 0 Å². The molecule has 0 fully saturated rings. The molecule has 10 aromatic rings. The van der Waals surface area contributed by atoms with Crippen LogP contribution in [0.5, 0.6) is 0 Å². The van der Waals surface area contributed by atoms with E-state index in [0.717, 1.165) is 57.5 Å². The van der Waals surface area contributed by atoms with Crippen LogP contribution in [0.1, 0.15) is 163 Å². The van der Waals surface area contributed by atoms with Crippen molar-refractivity contribution in [2.75, 3.05) is 9.71 Å². The van der Waals surface area contributed by atoms with Crippen molar-refractivity contribution in [3.63, 3.8) is 0 Å². The second-order valence-corrected chi connectivity index (χ2v) is 29.0. The largest absolute Gasteiger partial charge is 0.454 e. The first-order chi connectivity index (χ1) is 36.6. The predicted molar refractivity (Wildman–Crippen MR) is 337 cm³/mol. The highest BCUT2D eigenvalue weighted by Crippen LogP contribution is 2.54. The highest BCUT2D eigenvalue weighted by molar-refractivity contribution is 6.94. The van der Waals surface area contributed by atoms with Crippen molar-refractivity contribution in [3.8, 4) is 16.8 Å².